The summed E-state index contributed by atoms with van der Waals surface area (Å²) in [4.78, 5) is 0. The molecule has 0 N–H and O–H groups in total. The van der Waals surface area contributed by atoms with Gasteiger partial charge in [-0.15, -0.1) is 0 Å². The molecule has 1 aromatic heterocycles. The summed E-state index contributed by atoms with van der Waals surface area (Å²) in [6.07, 6.45) is 0. The Labute approximate surface area is 195 Å². The summed E-state index contributed by atoms with van der Waals surface area (Å²) in [7, 11) is 0. The summed E-state index contributed by atoms with van der Waals surface area (Å²) >= 11 is 0. The minimum atomic E-state index is -0.0279. The van der Waals surface area contributed by atoms with Crippen LogP contribution < -0.4 is 16.4 Å². The molecule has 0 saturated heterocycles. The Bertz CT molecular complexity index is 1730. The minimum Gasteiger partial charge on any atom is -0.310 e. The normalized spacial score (nSPS) is 17.7. The number of benzene rings is 4. The van der Waals surface area contributed by atoms with Gasteiger partial charge in [-0.3, -0.25) is 0 Å². The smallest absolute Gasteiger partial charge is 0.248 e. The average molecular weight is 423 g/mol. The van der Waals surface area contributed by atoms with Crippen LogP contribution in [0.15, 0.2) is 66.7 Å². The SMILES string of the molecule is Cc1cc2c3c(c1)C(C)(C)c1cccc4c1B3c1c(ccc3c5ccccc5n-2c13)C4(C)C. The largest absolute Gasteiger partial charge is 0.310 e. The molecule has 2 heteroatoms. The van der Waals surface area contributed by atoms with Crippen LogP contribution in [0.1, 0.15) is 55.5 Å². The maximum atomic E-state index is 2.59. The highest BCUT2D eigenvalue weighted by Gasteiger charge is 2.51. The number of rotatable bonds is 0. The first-order chi connectivity index (χ1) is 15.8. The van der Waals surface area contributed by atoms with Gasteiger partial charge in [0.25, 0.3) is 0 Å². The number of aromatic nitrogens is 1. The van der Waals surface area contributed by atoms with Gasteiger partial charge in [0, 0.05) is 32.8 Å². The van der Waals surface area contributed by atoms with Crippen LogP contribution in [0.3, 0.4) is 0 Å². The number of hydrogen-bond donors (Lipinski definition) is 0. The second-order valence-electron chi connectivity index (χ2n) is 11.5. The summed E-state index contributed by atoms with van der Waals surface area (Å²) in [5, 5.41) is 2.75. The van der Waals surface area contributed by atoms with Crippen molar-refractivity contribution in [3.05, 3.63) is 94.5 Å². The third kappa shape index (κ3) is 1.80. The van der Waals surface area contributed by atoms with Gasteiger partial charge >= 0.3 is 0 Å². The first kappa shape index (κ1) is 18.2. The van der Waals surface area contributed by atoms with Crippen LogP contribution in [-0.2, 0) is 10.8 Å². The van der Waals surface area contributed by atoms with Gasteiger partial charge in [-0.25, -0.2) is 0 Å². The third-order valence-electron chi connectivity index (χ3n) is 9.08. The van der Waals surface area contributed by atoms with E-state index in [9.17, 15) is 0 Å². The lowest BCUT2D eigenvalue weighted by molar-refractivity contribution is 0.621. The summed E-state index contributed by atoms with van der Waals surface area (Å²) in [6, 6.07) is 25.8. The maximum absolute atomic E-state index is 2.59. The highest BCUT2D eigenvalue weighted by molar-refractivity contribution is 7.00. The molecule has 0 amide bonds. The zero-order valence-corrected chi connectivity index (χ0v) is 19.9. The summed E-state index contributed by atoms with van der Waals surface area (Å²) in [5.74, 6) is 0. The van der Waals surface area contributed by atoms with Crippen LogP contribution in [0.5, 0.6) is 0 Å². The number of nitrogens with zero attached hydrogens (tertiary/aromatic N) is 1. The molecule has 0 bridgehead atoms. The monoisotopic (exact) mass is 423 g/mol. The molecule has 0 spiro atoms. The maximum Gasteiger partial charge on any atom is 0.248 e. The number of fused-ring (bicyclic) bond motifs is 4. The fourth-order valence-electron chi connectivity index (χ4n) is 7.64. The van der Waals surface area contributed by atoms with Gasteiger partial charge in [-0.05, 0) is 57.8 Å². The molecule has 5 aromatic rings. The topological polar surface area (TPSA) is 4.93 Å². The van der Waals surface area contributed by atoms with E-state index in [-0.39, 0.29) is 10.8 Å². The molecular weight excluding hydrogens is 397 g/mol. The van der Waals surface area contributed by atoms with Crippen molar-refractivity contribution in [1.82, 2.24) is 4.57 Å². The molecule has 0 saturated carbocycles. The number of hydrogen-bond acceptors (Lipinski definition) is 0. The second kappa shape index (κ2) is 5.28. The van der Waals surface area contributed by atoms with Crippen LogP contribution in [0.2, 0.25) is 0 Å². The molecule has 4 heterocycles. The molecule has 0 atom stereocenters. The molecule has 8 rings (SSSR count). The van der Waals surface area contributed by atoms with Crippen LogP contribution in [0.4, 0.5) is 0 Å². The molecule has 1 nitrogen and oxygen atoms in total. The highest BCUT2D eigenvalue weighted by Crippen LogP contribution is 2.45. The Morgan fingerprint density at radius 2 is 1.33 bits per heavy atom. The minimum absolute atomic E-state index is 0.0254. The Balaban J connectivity index is 1.73. The van der Waals surface area contributed by atoms with Crippen molar-refractivity contribution in [2.45, 2.75) is 45.4 Å². The lowest BCUT2D eigenvalue weighted by Gasteiger charge is -2.49. The first-order valence-electron chi connectivity index (χ1n) is 12.2. The van der Waals surface area contributed by atoms with E-state index in [1.165, 1.54) is 60.8 Å². The van der Waals surface area contributed by atoms with Crippen molar-refractivity contribution in [1.29, 1.82) is 0 Å². The molecule has 0 aliphatic carbocycles. The predicted octanol–water partition coefficient (Wildman–Crippen LogP) is 5.20. The second-order valence-corrected chi connectivity index (χ2v) is 11.5. The first-order valence-corrected chi connectivity index (χ1v) is 12.2. The molecule has 158 valence electrons. The number of aryl methyl sites for hydroxylation is 1. The van der Waals surface area contributed by atoms with Crippen molar-refractivity contribution in [3.8, 4) is 5.69 Å². The molecule has 3 aliphatic rings. The molecular formula is C31H26BN. The Kier molecular flexibility index (Phi) is 2.91. The van der Waals surface area contributed by atoms with Crippen LogP contribution >= 0.6 is 0 Å². The summed E-state index contributed by atoms with van der Waals surface area (Å²) in [6.45, 7) is 12.3. The fraction of sp³-hybridized carbons (Fsp3) is 0.226. The van der Waals surface area contributed by atoms with Gasteiger partial charge in [0.05, 0.1) is 5.52 Å². The summed E-state index contributed by atoms with van der Waals surface area (Å²) < 4.78 is 2.59. The quantitative estimate of drug-likeness (QED) is 0.296. The van der Waals surface area contributed by atoms with E-state index >= 15 is 0 Å². The van der Waals surface area contributed by atoms with Gasteiger partial charge in [0.1, 0.15) is 0 Å². The van der Waals surface area contributed by atoms with Crippen molar-refractivity contribution in [2.24, 2.45) is 0 Å². The predicted molar refractivity (Wildman–Crippen MR) is 141 cm³/mol. The van der Waals surface area contributed by atoms with E-state index in [0.29, 0.717) is 6.71 Å². The van der Waals surface area contributed by atoms with E-state index in [4.69, 9.17) is 0 Å². The Hall–Kier alpha value is -3.26. The van der Waals surface area contributed by atoms with E-state index in [2.05, 4.69) is 106 Å². The van der Waals surface area contributed by atoms with Gasteiger partial charge < -0.3 is 4.57 Å². The van der Waals surface area contributed by atoms with Crippen LogP contribution in [-0.4, -0.2) is 11.3 Å². The fourth-order valence-corrected chi connectivity index (χ4v) is 7.64. The van der Waals surface area contributed by atoms with Crippen molar-refractivity contribution < 1.29 is 0 Å². The van der Waals surface area contributed by atoms with E-state index < -0.39 is 0 Å². The average Bonchev–Trinajstić information content (AvgIpc) is 3.13. The molecule has 4 aromatic carbocycles. The summed E-state index contributed by atoms with van der Waals surface area (Å²) in [5.41, 5.74) is 16.1. The van der Waals surface area contributed by atoms with Gasteiger partial charge in [0.2, 0.25) is 6.71 Å². The lowest BCUT2D eigenvalue weighted by Crippen LogP contribution is -2.68. The van der Waals surface area contributed by atoms with Crippen molar-refractivity contribution in [2.75, 3.05) is 0 Å². The lowest BCUT2D eigenvalue weighted by atomic mass is 9.26. The molecule has 3 aliphatic heterocycles. The van der Waals surface area contributed by atoms with Gasteiger partial charge in [0.15, 0.2) is 0 Å². The van der Waals surface area contributed by atoms with E-state index in [1.54, 1.807) is 10.9 Å². The van der Waals surface area contributed by atoms with E-state index in [0.717, 1.165) is 0 Å². The molecule has 0 unspecified atom stereocenters. The zero-order chi connectivity index (χ0) is 22.4. The standard InChI is InChI=1S/C31H26BN/c1-17-15-23-27-25(16-17)33-24-12-7-6-9-18(24)19-13-14-22-28(29(19)33)32(27)26-20(30(22,2)3)10-8-11-21(26)31(23,4)5/h6-16H,1-5H3. The Morgan fingerprint density at radius 3 is 2.12 bits per heavy atom. The highest BCUT2D eigenvalue weighted by atomic mass is 15.0. The third-order valence-corrected chi connectivity index (χ3v) is 9.08. The molecule has 0 radical (unpaired) electrons. The molecule has 33 heavy (non-hydrogen) atoms. The van der Waals surface area contributed by atoms with Crippen molar-refractivity contribution in [3.63, 3.8) is 0 Å². The van der Waals surface area contributed by atoms with Gasteiger partial charge in [-0.1, -0.05) is 87.8 Å². The van der Waals surface area contributed by atoms with Gasteiger partial charge in [-0.2, -0.15) is 0 Å². The van der Waals surface area contributed by atoms with Crippen LogP contribution in [0, 0.1) is 6.92 Å². The van der Waals surface area contributed by atoms with E-state index in [1.807, 2.05) is 0 Å². The molecule has 0 fully saturated rings. The van der Waals surface area contributed by atoms with Crippen molar-refractivity contribution >= 4 is 44.9 Å². The number of para-hydroxylation sites is 1. The Morgan fingerprint density at radius 1 is 0.636 bits per heavy atom. The van der Waals surface area contributed by atoms with Crippen LogP contribution in [0.25, 0.3) is 27.5 Å². The zero-order valence-electron chi connectivity index (χ0n) is 19.9.